The van der Waals surface area contributed by atoms with Crippen LogP contribution in [-0.4, -0.2) is 5.91 Å². The molecule has 3 N–H and O–H groups in total. The Kier molecular flexibility index (Phi) is 2.87. The molecule has 88 valence electrons. The number of nitrogens with two attached hydrogens (primary N) is 1. The summed E-state index contributed by atoms with van der Waals surface area (Å²) in [7, 11) is 0. The number of nitrogen functional groups attached to an aromatic ring is 1. The SMILES string of the molecule is Cc1occc1C(=O)Nc1cccc(N)c1C. The number of rotatable bonds is 2. The Hall–Kier alpha value is -2.23. The van der Waals surface area contributed by atoms with E-state index in [4.69, 9.17) is 10.2 Å². The van der Waals surface area contributed by atoms with Gasteiger partial charge in [0.2, 0.25) is 0 Å². The molecule has 0 atom stereocenters. The predicted octanol–water partition coefficient (Wildman–Crippen LogP) is 2.73. The third-order valence-corrected chi connectivity index (χ3v) is 2.73. The molecule has 2 rings (SSSR count). The molecule has 17 heavy (non-hydrogen) atoms. The minimum absolute atomic E-state index is 0.190. The van der Waals surface area contributed by atoms with Gasteiger partial charge in [0.25, 0.3) is 5.91 Å². The molecule has 1 amide bonds. The van der Waals surface area contributed by atoms with E-state index in [1.165, 1.54) is 6.26 Å². The van der Waals surface area contributed by atoms with Gasteiger partial charge in [-0.1, -0.05) is 6.07 Å². The van der Waals surface area contributed by atoms with Gasteiger partial charge in [-0.3, -0.25) is 4.79 Å². The standard InChI is InChI=1S/C13H14N2O2/c1-8-11(14)4-3-5-12(8)15-13(16)10-6-7-17-9(10)2/h3-7H,14H2,1-2H3,(H,15,16). The van der Waals surface area contributed by atoms with Crippen molar-refractivity contribution in [2.75, 3.05) is 11.1 Å². The molecule has 2 aromatic rings. The molecule has 0 saturated carbocycles. The minimum Gasteiger partial charge on any atom is -0.469 e. The summed E-state index contributed by atoms with van der Waals surface area (Å²) in [6, 6.07) is 7.07. The molecule has 0 bridgehead atoms. The van der Waals surface area contributed by atoms with Crippen molar-refractivity contribution in [2.45, 2.75) is 13.8 Å². The summed E-state index contributed by atoms with van der Waals surface area (Å²) in [6.45, 7) is 3.62. The lowest BCUT2D eigenvalue weighted by molar-refractivity contribution is 0.102. The molecule has 0 fully saturated rings. The largest absolute Gasteiger partial charge is 0.469 e. The van der Waals surface area contributed by atoms with Gasteiger partial charge in [0, 0.05) is 11.4 Å². The fourth-order valence-corrected chi connectivity index (χ4v) is 1.60. The van der Waals surface area contributed by atoms with Crippen LogP contribution in [0, 0.1) is 13.8 Å². The highest BCUT2D eigenvalue weighted by Crippen LogP contribution is 2.21. The first kappa shape index (κ1) is 11.3. The van der Waals surface area contributed by atoms with Crippen molar-refractivity contribution in [3.63, 3.8) is 0 Å². The van der Waals surface area contributed by atoms with Crippen LogP contribution >= 0.6 is 0 Å². The summed E-state index contributed by atoms with van der Waals surface area (Å²) in [5, 5.41) is 2.82. The molecule has 0 aliphatic heterocycles. The van der Waals surface area contributed by atoms with Gasteiger partial charge in [-0.25, -0.2) is 0 Å². The Morgan fingerprint density at radius 3 is 2.71 bits per heavy atom. The molecule has 1 aromatic carbocycles. The number of hydrogen-bond donors (Lipinski definition) is 2. The first-order valence-electron chi connectivity index (χ1n) is 5.30. The second-order valence-electron chi connectivity index (χ2n) is 3.86. The van der Waals surface area contributed by atoms with Crippen LogP contribution in [0.4, 0.5) is 11.4 Å². The first-order valence-corrected chi connectivity index (χ1v) is 5.30. The van der Waals surface area contributed by atoms with Gasteiger partial charge in [0.05, 0.1) is 11.8 Å². The Morgan fingerprint density at radius 2 is 2.06 bits per heavy atom. The van der Waals surface area contributed by atoms with E-state index in [0.29, 0.717) is 17.0 Å². The van der Waals surface area contributed by atoms with Crippen LogP contribution in [0.1, 0.15) is 21.7 Å². The van der Waals surface area contributed by atoms with Gasteiger partial charge in [-0.15, -0.1) is 0 Å². The van der Waals surface area contributed by atoms with Crippen molar-refractivity contribution in [2.24, 2.45) is 0 Å². The molecule has 1 aromatic heterocycles. The van der Waals surface area contributed by atoms with Crippen molar-refractivity contribution in [1.29, 1.82) is 0 Å². The molecule has 0 radical (unpaired) electrons. The summed E-state index contributed by atoms with van der Waals surface area (Å²) in [6.07, 6.45) is 1.50. The van der Waals surface area contributed by atoms with Crippen molar-refractivity contribution >= 4 is 17.3 Å². The maximum Gasteiger partial charge on any atom is 0.259 e. The number of aryl methyl sites for hydroxylation is 1. The summed E-state index contributed by atoms with van der Waals surface area (Å²) < 4.78 is 5.09. The number of anilines is 2. The number of nitrogens with one attached hydrogen (secondary N) is 1. The molecule has 1 heterocycles. The van der Waals surface area contributed by atoms with Crippen LogP contribution in [0.25, 0.3) is 0 Å². The van der Waals surface area contributed by atoms with E-state index in [1.807, 2.05) is 13.0 Å². The van der Waals surface area contributed by atoms with E-state index in [2.05, 4.69) is 5.32 Å². The predicted molar refractivity (Wildman–Crippen MR) is 67.0 cm³/mol. The van der Waals surface area contributed by atoms with Crippen LogP contribution in [0.3, 0.4) is 0 Å². The third kappa shape index (κ3) is 2.15. The van der Waals surface area contributed by atoms with Gasteiger partial charge in [0.15, 0.2) is 0 Å². The quantitative estimate of drug-likeness (QED) is 0.779. The lowest BCUT2D eigenvalue weighted by Crippen LogP contribution is -2.13. The van der Waals surface area contributed by atoms with E-state index in [9.17, 15) is 4.79 Å². The number of carbonyl (C=O) groups is 1. The highest BCUT2D eigenvalue weighted by Gasteiger charge is 2.12. The van der Waals surface area contributed by atoms with E-state index in [1.54, 1.807) is 25.1 Å². The Bertz CT molecular complexity index is 558. The van der Waals surface area contributed by atoms with Crippen LogP contribution in [-0.2, 0) is 0 Å². The molecule has 0 spiro atoms. The summed E-state index contributed by atoms with van der Waals surface area (Å²) >= 11 is 0. The Morgan fingerprint density at radius 1 is 1.29 bits per heavy atom. The first-order chi connectivity index (χ1) is 8.09. The number of benzene rings is 1. The smallest absolute Gasteiger partial charge is 0.259 e. The molecular formula is C13H14N2O2. The minimum atomic E-state index is -0.190. The normalized spacial score (nSPS) is 10.2. The molecule has 4 nitrogen and oxygen atoms in total. The van der Waals surface area contributed by atoms with E-state index < -0.39 is 0 Å². The molecule has 0 aliphatic rings. The van der Waals surface area contributed by atoms with Gasteiger partial charge in [-0.2, -0.15) is 0 Å². The van der Waals surface area contributed by atoms with E-state index in [-0.39, 0.29) is 5.91 Å². The topological polar surface area (TPSA) is 68.3 Å². The Labute approximate surface area is 99.4 Å². The Balaban J connectivity index is 2.25. The lowest BCUT2D eigenvalue weighted by atomic mass is 10.1. The number of amides is 1. The highest BCUT2D eigenvalue weighted by molar-refractivity contribution is 6.05. The molecule has 0 unspecified atom stereocenters. The fourth-order valence-electron chi connectivity index (χ4n) is 1.60. The average Bonchev–Trinajstić information content (AvgIpc) is 2.71. The molecule has 4 heteroatoms. The maximum absolute atomic E-state index is 11.9. The summed E-state index contributed by atoms with van der Waals surface area (Å²) in [4.78, 5) is 11.9. The average molecular weight is 230 g/mol. The van der Waals surface area contributed by atoms with Crippen molar-refractivity contribution in [3.05, 3.63) is 47.4 Å². The van der Waals surface area contributed by atoms with Crippen LogP contribution in [0.15, 0.2) is 34.9 Å². The number of carbonyl (C=O) groups excluding carboxylic acids is 1. The zero-order chi connectivity index (χ0) is 12.4. The van der Waals surface area contributed by atoms with Gasteiger partial charge in [-0.05, 0) is 37.6 Å². The zero-order valence-corrected chi connectivity index (χ0v) is 9.78. The molecule has 0 aliphatic carbocycles. The monoisotopic (exact) mass is 230 g/mol. The summed E-state index contributed by atoms with van der Waals surface area (Å²) in [5.41, 5.74) is 8.55. The number of hydrogen-bond acceptors (Lipinski definition) is 3. The molecule has 0 saturated heterocycles. The van der Waals surface area contributed by atoms with E-state index >= 15 is 0 Å². The van der Waals surface area contributed by atoms with Crippen molar-refractivity contribution < 1.29 is 9.21 Å². The van der Waals surface area contributed by atoms with Gasteiger partial charge >= 0.3 is 0 Å². The van der Waals surface area contributed by atoms with E-state index in [0.717, 1.165) is 11.3 Å². The number of furan rings is 1. The summed E-state index contributed by atoms with van der Waals surface area (Å²) in [5.74, 6) is 0.411. The van der Waals surface area contributed by atoms with Gasteiger partial charge < -0.3 is 15.5 Å². The van der Waals surface area contributed by atoms with Crippen LogP contribution in [0.2, 0.25) is 0 Å². The van der Waals surface area contributed by atoms with Crippen molar-refractivity contribution in [1.82, 2.24) is 0 Å². The van der Waals surface area contributed by atoms with Crippen LogP contribution < -0.4 is 11.1 Å². The third-order valence-electron chi connectivity index (χ3n) is 2.73. The highest BCUT2D eigenvalue weighted by atomic mass is 16.3. The molecular weight excluding hydrogens is 216 g/mol. The van der Waals surface area contributed by atoms with Gasteiger partial charge in [0.1, 0.15) is 5.76 Å². The van der Waals surface area contributed by atoms with Crippen molar-refractivity contribution in [3.8, 4) is 0 Å². The second kappa shape index (κ2) is 4.33. The van der Waals surface area contributed by atoms with Crippen LogP contribution in [0.5, 0.6) is 0 Å². The second-order valence-corrected chi connectivity index (χ2v) is 3.86. The fraction of sp³-hybridized carbons (Fsp3) is 0.154. The zero-order valence-electron chi connectivity index (χ0n) is 9.78. The maximum atomic E-state index is 11.9. The lowest BCUT2D eigenvalue weighted by Gasteiger charge is -2.09.